The Morgan fingerprint density at radius 1 is 1.35 bits per heavy atom. The average Bonchev–Trinajstić information content (AvgIpc) is 2.34. The molecule has 84 valence electrons. The standard InChI is InChI=1S/C11H7ClN4O/c12-8-3-4-11(10(6-8)15-16-13)17-9-2-1-5-14-7-9/h1-7H. The second-order valence-electron chi connectivity index (χ2n) is 3.09. The number of hydrogen-bond acceptors (Lipinski definition) is 3. The van der Waals surface area contributed by atoms with Gasteiger partial charge in [0, 0.05) is 16.1 Å². The number of benzene rings is 1. The minimum Gasteiger partial charge on any atom is -0.455 e. The highest BCUT2D eigenvalue weighted by Gasteiger charge is 2.04. The fourth-order valence-electron chi connectivity index (χ4n) is 1.24. The van der Waals surface area contributed by atoms with Crippen molar-refractivity contribution in [3.63, 3.8) is 0 Å². The van der Waals surface area contributed by atoms with E-state index in [2.05, 4.69) is 15.0 Å². The van der Waals surface area contributed by atoms with Crippen LogP contribution in [-0.4, -0.2) is 4.98 Å². The molecule has 1 aromatic heterocycles. The first-order chi connectivity index (χ1) is 8.29. The van der Waals surface area contributed by atoms with Gasteiger partial charge in [0.15, 0.2) is 0 Å². The number of ether oxygens (including phenoxy) is 1. The van der Waals surface area contributed by atoms with E-state index in [1.807, 2.05) is 0 Å². The van der Waals surface area contributed by atoms with Crippen LogP contribution in [0.2, 0.25) is 5.02 Å². The Hall–Kier alpha value is -2.23. The van der Waals surface area contributed by atoms with Crippen LogP contribution in [0.15, 0.2) is 47.8 Å². The van der Waals surface area contributed by atoms with Gasteiger partial charge in [-0.25, -0.2) is 0 Å². The molecule has 0 aliphatic carbocycles. The largest absolute Gasteiger partial charge is 0.455 e. The quantitative estimate of drug-likeness (QED) is 0.455. The summed E-state index contributed by atoms with van der Waals surface area (Å²) in [4.78, 5) is 6.64. The second-order valence-corrected chi connectivity index (χ2v) is 3.53. The number of azide groups is 1. The van der Waals surface area contributed by atoms with E-state index in [0.717, 1.165) is 0 Å². The Balaban J connectivity index is 2.35. The van der Waals surface area contributed by atoms with Gasteiger partial charge in [-0.3, -0.25) is 4.98 Å². The molecule has 1 aromatic carbocycles. The Labute approximate surface area is 102 Å². The third kappa shape index (κ3) is 2.87. The number of nitrogens with zero attached hydrogens (tertiary/aromatic N) is 4. The first kappa shape index (κ1) is 11.3. The third-order valence-electron chi connectivity index (χ3n) is 1.94. The monoisotopic (exact) mass is 246 g/mol. The van der Waals surface area contributed by atoms with Crippen molar-refractivity contribution < 1.29 is 4.74 Å². The van der Waals surface area contributed by atoms with Crippen LogP contribution in [0.25, 0.3) is 10.4 Å². The summed E-state index contributed by atoms with van der Waals surface area (Å²) < 4.78 is 5.53. The van der Waals surface area contributed by atoms with Crippen molar-refractivity contribution in [1.82, 2.24) is 4.98 Å². The minimum atomic E-state index is 0.337. The van der Waals surface area contributed by atoms with Gasteiger partial charge in [-0.1, -0.05) is 16.7 Å². The number of halogens is 1. The van der Waals surface area contributed by atoms with E-state index in [0.29, 0.717) is 22.2 Å². The van der Waals surface area contributed by atoms with Gasteiger partial charge in [-0.05, 0) is 35.9 Å². The molecule has 0 saturated heterocycles. The molecule has 0 atom stereocenters. The van der Waals surface area contributed by atoms with Crippen LogP contribution in [0.1, 0.15) is 0 Å². The van der Waals surface area contributed by atoms with Gasteiger partial charge in [0.25, 0.3) is 0 Å². The molecule has 2 rings (SSSR count). The predicted molar refractivity (Wildman–Crippen MR) is 64.6 cm³/mol. The Kier molecular flexibility index (Phi) is 3.45. The lowest BCUT2D eigenvalue weighted by atomic mass is 10.3. The van der Waals surface area contributed by atoms with Gasteiger partial charge in [0.05, 0.1) is 11.9 Å². The lowest BCUT2D eigenvalue weighted by Gasteiger charge is -2.07. The van der Waals surface area contributed by atoms with E-state index >= 15 is 0 Å². The topological polar surface area (TPSA) is 70.9 Å². The van der Waals surface area contributed by atoms with Crippen molar-refractivity contribution in [1.29, 1.82) is 0 Å². The number of pyridine rings is 1. The Morgan fingerprint density at radius 2 is 2.24 bits per heavy atom. The summed E-state index contributed by atoms with van der Waals surface area (Å²) in [5.74, 6) is 0.990. The molecule has 6 heteroatoms. The van der Waals surface area contributed by atoms with Crippen LogP contribution in [0, 0.1) is 0 Å². The van der Waals surface area contributed by atoms with E-state index in [4.69, 9.17) is 21.9 Å². The fourth-order valence-corrected chi connectivity index (χ4v) is 1.40. The van der Waals surface area contributed by atoms with Gasteiger partial charge >= 0.3 is 0 Å². The molecular weight excluding hydrogens is 240 g/mol. The van der Waals surface area contributed by atoms with Crippen LogP contribution in [0.3, 0.4) is 0 Å². The smallest absolute Gasteiger partial charge is 0.145 e. The van der Waals surface area contributed by atoms with Crippen LogP contribution in [-0.2, 0) is 0 Å². The third-order valence-corrected chi connectivity index (χ3v) is 2.17. The number of hydrogen-bond donors (Lipinski definition) is 0. The molecule has 0 amide bonds. The number of rotatable bonds is 3. The summed E-state index contributed by atoms with van der Waals surface area (Å²) >= 11 is 5.80. The molecule has 0 aliphatic rings. The zero-order valence-corrected chi connectivity index (χ0v) is 9.37. The lowest BCUT2D eigenvalue weighted by Crippen LogP contribution is -1.85. The molecular formula is C11H7ClN4O. The van der Waals surface area contributed by atoms with E-state index in [9.17, 15) is 0 Å². The minimum absolute atomic E-state index is 0.337. The molecule has 1 heterocycles. The highest BCUT2D eigenvalue weighted by Crippen LogP contribution is 2.33. The lowest BCUT2D eigenvalue weighted by molar-refractivity contribution is 0.481. The summed E-state index contributed by atoms with van der Waals surface area (Å²) in [6.07, 6.45) is 3.21. The van der Waals surface area contributed by atoms with E-state index in [1.54, 1.807) is 36.7 Å². The maximum absolute atomic E-state index is 8.45. The van der Waals surface area contributed by atoms with Crippen molar-refractivity contribution in [2.45, 2.75) is 0 Å². The molecule has 0 saturated carbocycles. The molecule has 17 heavy (non-hydrogen) atoms. The first-order valence-electron chi connectivity index (χ1n) is 4.72. The predicted octanol–water partition coefficient (Wildman–Crippen LogP) is 4.47. The Bertz CT molecular complexity index is 567. The van der Waals surface area contributed by atoms with E-state index in [1.165, 1.54) is 6.07 Å². The van der Waals surface area contributed by atoms with Crippen molar-refractivity contribution in [2.24, 2.45) is 5.11 Å². The van der Waals surface area contributed by atoms with Crippen LogP contribution in [0.5, 0.6) is 11.5 Å². The molecule has 0 bridgehead atoms. The molecule has 0 unspecified atom stereocenters. The molecule has 5 nitrogen and oxygen atoms in total. The molecule has 2 aromatic rings. The van der Waals surface area contributed by atoms with Gasteiger partial charge in [-0.2, -0.15) is 0 Å². The summed E-state index contributed by atoms with van der Waals surface area (Å²) in [7, 11) is 0. The normalized spacial score (nSPS) is 9.47. The van der Waals surface area contributed by atoms with Gasteiger partial charge in [-0.15, -0.1) is 0 Å². The summed E-state index contributed by atoms with van der Waals surface area (Å²) in [5, 5.41) is 3.99. The van der Waals surface area contributed by atoms with E-state index in [-0.39, 0.29) is 0 Å². The highest BCUT2D eigenvalue weighted by atomic mass is 35.5. The summed E-state index contributed by atoms with van der Waals surface area (Å²) in [6.45, 7) is 0. The fraction of sp³-hybridized carbons (Fsp3) is 0. The summed E-state index contributed by atoms with van der Waals surface area (Å²) in [6, 6.07) is 8.33. The van der Waals surface area contributed by atoms with Crippen molar-refractivity contribution in [3.05, 3.63) is 58.2 Å². The molecule has 0 N–H and O–H groups in total. The molecule has 0 fully saturated rings. The maximum Gasteiger partial charge on any atom is 0.145 e. The van der Waals surface area contributed by atoms with Crippen LogP contribution >= 0.6 is 11.6 Å². The first-order valence-corrected chi connectivity index (χ1v) is 5.10. The van der Waals surface area contributed by atoms with Gasteiger partial charge in [0.1, 0.15) is 11.5 Å². The number of aromatic nitrogens is 1. The van der Waals surface area contributed by atoms with Crippen LogP contribution in [0.4, 0.5) is 5.69 Å². The summed E-state index contributed by atoms with van der Waals surface area (Å²) in [5.41, 5.74) is 8.79. The molecule has 0 spiro atoms. The van der Waals surface area contributed by atoms with Crippen molar-refractivity contribution in [3.8, 4) is 11.5 Å². The second kappa shape index (κ2) is 5.21. The zero-order chi connectivity index (χ0) is 12.1. The molecule has 0 aliphatic heterocycles. The van der Waals surface area contributed by atoms with Crippen molar-refractivity contribution >= 4 is 17.3 Å². The Morgan fingerprint density at radius 3 is 2.94 bits per heavy atom. The van der Waals surface area contributed by atoms with Crippen LogP contribution < -0.4 is 4.74 Å². The SMILES string of the molecule is [N-]=[N+]=Nc1cc(Cl)ccc1Oc1cccnc1. The van der Waals surface area contributed by atoms with E-state index < -0.39 is 0 Å². The van der Waals surface area contributed by atoms with Crippen molar-refractivity contribution in [2.75, 3.05) is 0 Å². The molecule has 0 radical (unpaired) electrons. The highest BCUT2D eigenvalue weighted by molar-refractivity contribution is 6.30. The average molecular weight is 247 g/mol. The maximum atomic E-state index is 8.45. The zero-order valence-electron chi connectivity index (χ0n) is 8.62. The van der Waals surface area contributed by atoms with Gasteiger partial charge < -0.3 is 4.74 Å². The van der Waals surface area contributed by atoms with Gasteiger partial charge in [0.2, 0.25) is 0 Å².